The highest BCUT2D eigenvalue weighted by Crippen LogP contribution is 2.31. The Balaban J connectivity index is 2.30. The van der Waals surface area contributed by atoms with Gasteiger partial charge in [0.2, 0.25) is 0 Å². The zero-order valence-corrected chi connectivity index (χ0v) is 8.12. The van der Waals surface area contributed by atoms with E-state index in [1.165, 1.54) is 0 Å². The number of anilines is 1. The molecule has 1 N–H and O–H groups in total. The number of nitrogens with one attached hydrogen (secondary N) is 1. The van der Waals surface area contributed by atoms with Gasteiger partial charge in [-0.05, 0) is 25.0 Å². The van der Waals surface area contributed by atoms with Crippen LogP contribution in [0, 0.1) is 0 Å². The van der Waals surface area contributed by atoms with Crippen LogP contribution < -0.4 is 10.1 Å². The van der Waals surface area contributed by atoms with Crippen LogP contribution in [0.1, 0.15) is 23.2 Å². The second kappa shape index (κ2) is 3.70. The van der Waals surface area contributed by atoms with Crippen molar-refractivity contribution in [1.82, 2.24) is 0 Å². The lowest BCUT2D eigenvalue weighted by Gasteiger charge is -2.10. The third kappa shape index (κ3) is 1.71. The predicted molar refractivity (Wildman–Crippen MR) is 55.0 cm³/mol. The van der Waals surface area contributed by atoms with E-state index >= 15 is 0 Å². The molecule has 1 aromatic carbocycles. The molecular formula is C11H13NO2. The Morgan fingerprint density at radius 3 is 2.86 bits per heavy atom. The van der Waals surface area contributed by atoms with E-state index in [1.54, 1.807) is 7.05 Å². The quantitative estimate of drug-likeness (QED) is 0.740. The number of ether oxygens (including phenoxy) is 1. The molecule has 0 amide bonds. The van der Waals surface area contributed by atoms with Crippen molar-refractivity contribution in [3.63, 3.8) is 0 Å². The van der Waals surface area contributed by atoms with Crippen molar-refractivity contribution in [2.45, 2.75) is 18.9 Å². The highest BCUT2D eigenvalue weighted by atomic mass is 16.5. The van der Waals surface area contributed by atoms with Gasteiger partial charge in [0, 0.05) is 12.7 Å². The summed E-state index contributed by atoms with van der Waals surface area (Å²) in [5.74, 6) is 0.689. The Hall–Kier alpha value is -1.51. The standard InChI is InChI=1S/C11H13NO2/c1-12-10-3-2-4-11(9(10)7-13)14-8-5-6-8/h2-4,7-8,12H,5-6H2,1H3. The molecule has 1 fully saturated rings. The Kier molecular flexibility index (Phi) is 2.39. The van der Waals surface area contributed by atoms with Gasteiger partial charge in [-0.3, -0.25) is 4.79 Å². The average Bonchev–Trinajstić information content (AvgIpc) is 3.01. The van der Waals surface area contributed by atoms with Crippen molar-refractivity contribution in [2.24, 2.45) is 0 Å². The molecule has 3 heteroatoms. The number of carbonyl (C=O) groups excluding carboxylic acids is 1. The summed E-state index contributed by atoms with van der Waals surface area (Å²) in [7, 11) is 1.79. The lowest BCUT2D eigenvalue weighted by atomic mass is 10.2. The van der Waals surface area contributed by atoms with Crippen LogP contribution in [0.2, 0.25) is 0 Å². The van der Waals surface area contributed by atoms with Crippen molar-refractivity contribution in [3.05, 3.63) is 23.8 Å². The van der Waals surface area contributed by atoms with E-state index in [0.717, 1.165) is 24.8 Å². The Bertz CT molecular complexity index is 345. The topological polar surface area (TPSA) is 38.3 Å². The van der Waals surface area contributed by atoms with Crippen LogP contribution in [0.15, 0.2) is 18.2 Å². The minimum absolute atomic E-state index is 0.320. The first kappa shape index (κ1) is 9.06. The van der Waals surface area contributed by atoms with E-state index in [2.05, 4.69) is 5.32 Å². The molecule has 0 heterocycles. The molecule has 0 spiro atoms. The van der Waals surface area contributed by atoms with Crippen molar-refractivity contribution >= 4 is 12.0 Å². The molecule has 0 atom stereocenters. The fourth-order valence-corrected chi connectivity index (χ4v) is 1.35. The van der Waals surface area contributed by atoms with E-state index in [9.17, 15) is 4.79 Å². The second-order valence-electron chi connectivity index (χ2n) is 3.40. The van der Waals surface area contributed by atoms with Crippen LogP contribution in [-0.4, -0.2) is 19.4 Å². The van der Waals surface area contributed by atoms with E-state index in [1.807, 2.05) is 18.2 Å². The Morgan fingerprint density at radius 1 is 1.50 bits per heavy atom. The molecule has 1 aromatic rings. The lowest BCUT2D eigenvalue weighted by molar-refractivity contribution is 0.112. The van der Waals surface area contributed by atoms with Gasteiger partial charge in [-0.1, -0.05) is 6.07 Å². The maximum Gasteiger partial charge on any atom is 0.155 e. The molecule has 1 saturated carbocycles. The zero-order chi connectivity index (χ0) is 9.97. The smallest absolute Gasteiger partial charge is 0.155 e. The van der Waals surface area contributed by atoms with E-state index in [0.29, 0.717) is 17.4 Å². The summed E-state index contributed by atoms with van der Waals surface area (Å²) in [5.41, 5.74) is 1.43. The van der Waals surface area contributed by atoms with E-state index in [4.69, 9.17) is 4.74 Å². The van der Waals surface area contributed by atoms with Gasteiger partial charge in [0.1, 0.15) is 5.75 Å². The van der Waals surface area contributed by atoms with Crippen molar-refractivity contribution in [2.75, 3.05) is 12.4 Å². The third-order valence-electron chi connectivity index (χ3n) is 2.27. The fraction of sp³-hybridized carbons (Fsp3) is 0.364. The molecule has 74 valence electrons. The summed E-state index contributed by atoms with van der Waals surface area (Å²) >= 11 is 0. The van der Waals surface area contributed by atoms with E-state index < -0.39 is 0 Å². The zero-order valence-electron chi connectivity index (χ0n) is 8.12. The molecule has 0 aliphatic heterocycles. The van der Waals surface area contributed by atoms with Gasteiger partial charge < -0.3 is 10.1 Å². The summed E-state index contributed by atoms with van der Waals surface area (Å²) in [4.78, 5) is 10.9. The number of hydrogen-bond acceptors (Lipinski definition) is 3. The summed E-state index contributed by atoms with van der Waals surface area (Å²) in [6.07, 6.45) is 3.36. The summed E-state index contributed by atoms with van der Waals surface area (Å²) < 4.78 is 5.62. The van der Waals surface area contributed by atoms with E-state index in [-0.39, 0.29) is 0 Å². The maximum absolute atomic E-state index is 10.9. The van der Waals surface area contributed by atoms with Crippen LogP contribution in [-0.2, 0) is 0 Å². The van der Waals surface area contributed by atoms with Gasteiger partial charge in [-0.25, -0.2) is 0 Å². The first-order valence-corrected chi connectivity index (χ1v) is 4.77. The predicted octanol–water partition coefficient (Wildman–Crippen LogP) is 2.08. The van der Waals surface area contributed by atoms with Gasteiger partial charge in [0.15, 0.2) is 6.29 Å². The van der Waals surface area contributed by atoms with Gasteiger partial charge in [-0.2, -0.15) is 0 Å². The molecule has 1 aliphatic carbocycles. The highest BCUT2D eigenvalue weighted by Gasteiger charge is 2.24. The number of hydrogen-bond donors (Lipinski definition) is 1. The molecule has 14 heavy (non-hydrogen) atoms. The third-order valence-corrected chi connectivity index (χ3v) is 2.27. The molecule has 3 nitrogen and oxygen atoms in total. The number of aldehydes is 1. The summed E-state index contributed by atoms with van der Waals surface area (Å²) in [6.45, 7) is 0. The molecule has 0 radical (unpaired) electrons. The molecular weight excluding hydrogens is 178 g/mol. The second-order valence-corrected chi connectivity index (χ2v) is 3.40. The molecule has 1 aliphatic rings. The van der Waals surface area contributed by atoms with Crippen molar-refractivity contribution in [3.8, 4) is 5.75 Å². The van der Waals surface area contributed by atoms with Crippen LogP contribution in [0.3, 0.4) is 0 Å². The number of rotatable bonds is 4. The number of benzene rings is 1. The van der Waals surface area contributed by atoms with Crippen molar-refractivity contribution in [1.29, 1.82) is 0 Å². The minimum Gasteiger partial charge on any atom is -0.490 e. The first-order valence-electron chi connectivity index (χ1n) is 4.77. The summed E-state index contributed by atoms with van der Waals surface area (Å²) in [6, 6.07) is 5.59. The minimum atomic E-state index is 0.320. The number of carbonyl (C=O) groups is 1. The van der Waals surface area contributed by atoms with Gasteiger partial charge >= 0.3 is 0 Å². The van der Waals surface area contributed by atoms with Gasteiger partial charge in [-0.15, -0.1) is 0 Å². The van der Waals surface area contributed by atoms with Gasteiger partial charge in [0.05, 0.1) is 11.7 Å². The molecule has 2 rings (SSSR count). The molecule has 0 bridgehead atoms. The highest BCUT2D eigenvalue weighted by molar-refractivity contribution is 5.88. The molecule has 0 unspecified atom stereocenters. The normalized spacial score (nSPS) is 14.9. The fourth-order valence-electron chi connectivity index (χ4n) is 1.35. The molecule has 0 aromatic heterocycles. The van der Waals surface area contributed by atoms with Crippen LogP contribution >= 0.6 is 0 Å². The van der Waals surface area contributed by atoms with Crippen molar-refractivity contribution < 1.29 is 9.53 Å². The summed E-state index contributed by atoms with van der Waals surface area (Å²) in [5, 5.41) is 2.97. The maximum atomic E-state index is 10.9. The van der Waals surface area contributed by atoms with Crippen LogP contribution in [0.4, 0.5) is 5.69 Å². The average molecular weight is 191 g/mol. The SMILES string of the molecule is CNc1cccc(OC2CC2)c1C=O. The Labute approximate surface area is 83.1 Å². The monoisotopic (exact) mass is 191 g/mol. The first-order chi connectivity index (χ1) is 6.85. The van der Waals surface area contributed by atoms with Gasteiger partial charge in [0.25, 0.3) is 0 Å². The lowest BCUT2D eigenvalue weighted by Crippen LogP contribution is -2.02. The van der Waals surface area contributed by atoms with Crippen LogP contribution in [0.5, 0.6) is 5.75 Å². The largest absolute Gasteiger partial charge is 0.490 e. The van der Waals surface area contributed by atoms with Crippen LogP contribution in [0.25, 0.3) is 0 Å². The Morgan fingerprint density at radius 2 is 2.29 bits per heavy atom. The molecule has 0 saturated heterocycles.